The van der Waals surface area contributed by atoms with Crippen molar-refractivity contribution in [1.29, 1.82) is 0 Å². The fourth-order valence-electron chi connectivity index (χ4n) is 1.76. The lowest BCUT2D eigenvalue weighted by Crippen LogP contribution is -2.45. The van der Waals surface area contributed by atoms with Gasteiger partial charge in [0.2, 0.25) is 5.16 Å². The molecular formula is C12H22N4S. The van der Waals surface area contributed by atoms with Crippen molar-refractivity contribution in [2.45, 2.75) is 58.2 Å². The summed E-state index contributed by atoms with van der Waals surface area (Å²) >= 11 is 1.79. The number of hydrogen-bond acceptors (Lipinski definition) is 4. The molecule has 0 bridgehead atoms. The van der Waals surface area contributed by atoms with Crippen molar-refractivity contribution in [2.24, 2.45) is 5.41 Å². The third-order valence-corrected chi connectivity index (χ3v) is 4.04. The van der Waals surface area contributed by atoms with Crippen LogP contribution in [0.4, 0.5) is 0 Å². The van der Waals surface area contributed by atoms with Gasteiger partial charge in [0.15, 0.2) is 5.82 Å². The predicted octanol–water partition coefficient (Wildman–Crippen LogP) is 2.64. The largest absolute Gasteiger partial charge is 0.318 e. The number of rotatable bonds is 0. The van der Waals surface area contributed by atoms with Crippen LogP contribution in [-0.4, -0.2) is 26.7 Å². The highest BCUT2D eigenvalue weighted by molar-refractivity contribution is 7.99. The minimum absolute atomic E-state index is 0.0125. The minimum Gasteiger partial charge on any atom is -0.318 e. The average Bonchev–Trinajstić information content (AvgIpc) is 2.57. The Balaban J connectivity index is 2.33. The van der Waals surface area contributed by atoms with Crippen LogP contribution in [-0.2, 0) is 5.41 Å². The normalized spacial score (nSPS) is 20.9. The lowest BCUT2D eigenvalue weighted by molar-refractivity contribution is 0.331. The zero-order valence-corrected chi connectivity index (χ0v) is 12.4. The lowest BCUT2D eigenvalue weighted by Gasteiger charge is -2.36. The van der Waals surface area contributed by atoms with Gasteiger partial charge in [-0.15, -0.1) is 10.2 Å². The molecular weight excluding hydrogens is 232 g/mol. The van der Waals surface area contributed by atoms with Crippen molar-refractivity contribution in [1.82, 2.24) is 14.9 Å². The fourth-order valence-corrected chi connectivity index (χ4v) is 3.02. The van der Waals surface area contributed by atoms with Gasteiger partial charge in [-0.25, -0.2) is 4.68 Å². The molecule has 96 valence electrons. The Morgan fingerprint density at radius 1 is 1.18 bits per heavy atom. The first-order valence-electron chi connectivity index (χ1n) is 6.05. The summed E-state index contributed by atoms with van der Waals surface area (Å²) in [5.41, 5.74) is 3.82. The molecule has 2 heterocycles. The number of nitrogens with zero attached hydrogens (tertiary/aromatic N) is 3. The van der Waals surface area contributed by atoms with Crippen LogP contribution in [0.25, 0.3) is 0 Å². The molecule has 1 aromatic rings. The van der Waals surface area contributed by atoms with E-state index < -0.39 is 0 Å². The molecule has 5 heteroatoms. The monoisotopic (exact) mass is 254 g/mol. The van der Waals surface area contributed by atoms with Crippen LogP contribution in [0.3, 0.4) is 0 Å². The van der Waals surface area contributed by atoms with Gasteiger partial charge in [0.1, 0.15) is 0 Å². The van der Waals surface area contributed by atoms with E-state index in [4.69, 9.17) is 0 Å². The maximum atomic E-state index is 4.32. The Bertz CT molecular complexity index is 411. The Labute approximate surface area is 108 Å². The zero-order valence-electron chi connectivity index (χ0n) is 11.5. The number of hydrogen-bond donors (Lipinski definition) is 1. The first-order valence-corrected chi connectivity index (χ1v) is 7.03. The summed E-state index contributed by atoms with van der Waals surface area (Å²) in [5, 5.41) is 9.55. The topological polar surface area (TPSA) is 42.7 Å². The summed E-state index contributed by atoms with van der Waals surface area (Å²) in [6, 6.07) is 0.442. The highest BCUT2D eigenvalue weighted by Crippen LogP contribution is 2.33. The third-order valence-electron chi connectivity index (χ3n) is 3.01. The standard InChI is InChI=1S/C12H22N4S/c1-11(2,3)8-7-17-10-14-13-9(12(4,5)6)16(10)15-8/h8,15H,7H2,1-6H3. The molecule has 4 nitrogen and oxygen atoms in total. The smallest absolute Gasteiger partial charge is 0.210 e. The van der Waals surface area contributed by atoms with Crippen molar-refractivity contribution in [3.8, 4) is 0 Å². The van der Waals surface area contributed by atoms with E-state index in [0.29, 0.717) is 6.04 Å². The summed E-state index contributed by atoms with van der Waals surface area (Å²) in [6.07, 6.45) is 0. The molecule has 0 saturated heterocycles. The zero-order chi connectivity index (χ0) is 12.8. The van der Waals surface area contributed by atoms with Crippen LogP contribution in [0.1, 0.15) is 47.4 Å². The quantitative estimate of drug-likeness (QED) is 0.773. The number of thioether (sulfide) groups is 1. The average molecular weight is 254 g/mol. The van der Waals surface area contributed by atoms with E-state index in [1.165, 1.54) is 0 Å². The van der Waals surface area contributed by atoms with Crippen molar-refractivity contribution in [3.63, 3.8) is 0 Å². The van der Waals surface area contributed by atoms with Gasteiger partial charge in [-0.05, 0) is 5.41 Å². The maximum absolute atomic E-state index is 4.32. The minimum atomic E-state index is 0.0125. The second-order valence-corrected chi connectivity index (χ2v) is 7.74. The molecule has 1 aliphatic heterocycles. The van der Waals surface area contributed by atoms with Crippen LogP contribution in [0, 0.1) is 5.41 Å². The number of fused-ring (bicyclic) bond motifs is 1. The molecule has 0 spiro atoms. The molecule has 0 fully saturated rings. The van der Waals surface area contributed by atoms with Crippen molar-refractivity contribution in [3.05, 3.63) is 5.82 Å². The molecule has 2 rings (SSSR count). The second kappa shape index (κ2) is 3.90. The third kappa shape index (κ3) is 2.44. The molecule has 0 aliphatic carbocycles. The highest BCUT2D eigenvalue weighted by Gasteiger charge is 2.33. The second-order valence-electron chi connectivity index (χ2n) is 6.75. The molecule has 1 atom stereocenters. The Hall–Kier alpha value is -0.710. The molecule has 0 aromatic carbocycles. The molecule has 17 heavy (non-hydrogen) atoms. The van der Waals surface area contributed by atoms with Gasteiger partial charge in [-0.3, -0.25) is 0 Å². The van der Waals surface area contributed by atoms with Crippen molar-refractivity contribution in [2.75, 3.05) is 11.2 Å². The highest BCUT2D eigenvalue weighted by atomic mass is 32.2. The SMILES string of the molecule is CC(C)(C)c1nnc2n1NC(C(C)(C)C)CS2. The van der Waals surface area contributed by atoms with E-state index in [1.807, 2.05) is 0 Å². The van der Waals surface area contributed by atoms with E-state index in [2.05, 4.69) is 61.8 Å². The van der Waals surface area contributed by atoms with Crippen molar-refractivity contribution < 1.29 is 0 Å². The van der Waals surface area contributed by atoms with Gasteiger partial charge in [0.25, 0.3) is 0 Å². The van der Waals surface area contributed by atoms with E-state index in [-0.39, 0.29) is 10.8 Å². The van der Waals surface area contributed by atoms with Crippen LogP contribution >= 0.6 is 11.8 Å². The molecule has 0 radical (unpaired) electrons. The predicted molar refractivity (Wildman–Crippen MR) is 72.0 cm³/mol. The van der Waals surface area contributed by atoms with Crippen LogP contribution in [0.5, 0.6) is 0 Å². The first-order chi connectivity index (χ1) is 7.69. The Morgan fingerprint density at radius 2 is 1.82 bits per heavy atom. The summed E-state index contributed by atoms with van der Waals surface area (Å²) in [4.78, 5) is 0. The van der Waals surface area contributed by atoms with Gasteiger partial charge in [-0.1, -0.05) is 53.3 Å². The summed E-state index contributed by atoms with van der Waals surface area (Å²) in [7, 11) is 0. The summed E-state index contributed by atoms with van der Waals surface area (Å²) in [6.45, 7) is 13.3. The summed E-state index contributed by atoms with van der Waals surface area (Å²) < 4.78 is 2.07. The van der Waals surface area contributed by atoms with E-state index in [1.54, 1.807) is 11.8 Å². The molecule has 1 aromatic heterocycles. The number of nitrogens with one attached hydrogen (secondary N) is 1. The lowest BCUT2D eigenvalue weighted by atomic mass is 9.88. The molecule has 0 amide bonds. The Morgan fingerprint density at radius 3 is 2.35 bits per heavy atom. The van der Waals surface area contributed by atoms with Gasteiger partial charge in [0.05, 0.1) is 6.04 Å². The summed E-state index contributed by atoms with van der Waals surface area (Å²) in [5.74, 6) is 2.06. The molecule has 1 aliphatic rings. The fraction of sp³-hybridized carbons (Fsp3) is 0.833. The van der Waals surface area contributed by atoms with E-state index >= 15 is 0 Å². The molecule has 0 saturated carbocycles. The van der Waals surface area contributed by atoms with Crippen LogP contribution < -0.4 is 5.43 Å². The number of aromatic nitrogens is 3. The van der Waals surface area contributed by atoms with Gasteiger partial charge >= 0.3 is 0 Å². The molecule has 1 unspecified atom stereocenters. The van der Waals surface area contributed by atoms with Crippen LogP contribution in [0.2, 0.25) is 0 Å². The van der Waals surface area contributed by atoms with E-state index in [9.17, 15) is 0 Å². The Kier molecular flexibility index (Phi) is 2.92. The van der Waals surface area contributed by atoms with Crippen molar-refractivity contribution >= 4 is 11.8 Å². The maximum Gasteiger partial charge on any atom is 0.210 e. The van der Waals surface area contributed by atoms with Gasteiger partial charge in [0, 0.05) is 11.2 Å². The van der Waals surface area contributed by atoms with Gasteiger partial charge in [-0.2, -0.15) is 0 Å². The van der Waals surface area contributed by atoms with E-state index in [0.717, 1.165) is 16.7 Å². The van der Waals surface area contributed by atoms with Crippen LogP contribution in [0.15, 0.2) is 5.16 Å². The molecule has 1 N–H and O–H groups in total. The van der Waals surface area contributed by atoms with Gasteiger partial charge < -0.3 is 5.43 Å². The first kappa shape index (κ1) is 12.7.